The number of hydrogen-bond acceptors (Lipinski definition) is 4. The van der Waals surface area contributed by atoms with Crippen LogP contribution in [0.15, 0.2) is 0 Å². The number of nitrogens with one attached hydrogen (secondary N) is 1. The van der Waals surface area contributed by atoms with Gasteiger partial charge in [-0.25, -0.2) is 0 Å². The monoisotopic (exact) mass is 216 g/mol. The maximum atomic E-state index is 9.46. The van der Waals surface area contributed by atoms with Crippen LogP contribution >= 0.6 is 0 Å². The van der Waals surface area contributed by atoms with E-state index >= 15 is 0 Å². The van der Waals surface area contributed by atoms with Gasteiger partial charge in [-0.2, -0.15) is 0 Å². The van der Waals surface area contributed by atoms with Crippen molar-refractivity contribution in [1.82, 2.24) is 10.2 Å². The van der Waals surface area contributed by atoms with E-state index in [2.05, 4.69) is 17.3 Å². The van der Waals surface area contributed by atoms with E-state index in [1.165, 1.54) is 19.4 Å². The molecule has 0 radical (unpaired) electrons. The molecule has 90 valence electrons. The molecule has 0 aliphatic carbocycles. The summed E-state index contributed by atoms with van der Waals surface area (Å²) in [5.41, 5.74) is 0. The van der Waals surface area contributed by atoms with E-state index in [0.717, 1.165) is 19.5 Å². The van der Waals surface area contributed by atoms with Crippen molar-refractivity contribution in [3.05, 3.63) is 0 Å². The summed E-state index contributed by atoms with van der Waals surface area (Å²) in [6, 6.07) is 0.596. The van der Waals surface area contributed by atoms with Gasteiger partial charge < -0.3 is 20.1 Å². The molecule has 0 aromatic heterocycles. The van der Waals surface area contributed by atoms with Gasteiger partial charge in [-0.3, -0.25) is 0 Å². The normalized spacial score (nSPS) is 25.4. The fraction of sp³-hybridized carbons (Fsp3) is 1.00. The number of likely N-dealkylation sites (tertiary alicyclic amines) is 1. The first kappa shape index (κ1) is 12.9. The zero-order chi connectivity index (χ0) is 11.1. The van der Waals surface area contributed by atoms with E-state index in [-0.39, 0.29) is 6.10 Å². The third kappa shape index (κ3) is 5.47. The Morgan fingerprint density at radius 3 is 3.07 bits per heavy atom. The lowest BCUT2D eigenvalue weighted by Crippen LogP contribution is -2.44. The lowest BCUT2D eigenvalue weighted by atomic mass is 10.1. The van der Waals surface area contributed by atoms with E-state index < -0.39 is 0 Å². The Labute approximate surface area is 92.6 Å². The van der Waals surface area contributed by atoms with E-state index in [1.54, 1.807) is 7.11 Å². The van der Waals surface area contributed by atoms with Crippen LogP contribution in [-0.4, -0.2) is 62.6 Å². The summed E-state index contributed by atoms with van der Waals surface area (Å²) in [6.07, 6.45) is 2.97. The number of ether oxygens (including phenoxy) is 1. The molecular formula is C11H24N2O2. The maximum absolute atomic E-state index is 9.46. The van der Waals surface area contributed by atoms with Crippen molar-refractivity contribution >= 4 is 0 Å². The summed E-state index contributed by atoms with van der Waals surface area (Å²) in [5, 5.41) is 12.9. The van der Waals surface area contributed by atoms with Gasteiger partial charge >= 0.3 is 0 Å². The molecule has 1 aliphatic rings. The Morgan fingerprint density at radius 1 is 1.60 bits per heavy atom. The summed E-state index contributed by atoms with van der Waals surface area (Å²) in [7, 11) is 3.78. The predicted octanol–water partition coefficient (Wildman–Crippen LogP) is 0.0676. The van der Waals surface area contributed by atoms with Crippen molar-refractivity contribution in [2.45, 2.75) is 31.4 Å². The van der Waals surface area contributed by atoms with Crippen LogP contribution in [0.1, 0.15) is 19.3 Å². The molecule has 1 heterocycles. The summed E-state index contributed by atoms with van der Waals surface area (Å²) in [6.45, 7) is 3.65. The number of methoxy groups -OCH3 is 1. The smallest absolute Gasteiger partial charge is 0.0785 e. The number of likely N-dealkylation sites (N-methyl/N-ethyl adjacent to an activating group) is 1. The molecule has 1 saturated heterocycles. The van der Waals surface area contributed by atoms with Gasteiger partial charge in [0.1, 0.15) is 0 Å². The van der Waals surface area contributed by atoms with Crippen molar-refractivity contribution in [2.75, 3.05) is 40.4 Å². The van der Waals surface area contributed by atoms with Crippen molar-refractivity contribution in [2.24, 2.45) is 0 Å². The average Bonchev–Trinajstić information content (AvgIpc) is 2.18. The predicted molar refractivity (Wildman–Crippen MR) is 61.0 cm³/mol. The highest BCUT2D eigenvalue weighted by atomic mass is 16.5. The summed E-state index contributed by atoms with van der Waals surface area (Å²) in [5.74, 6) is 0. The van der Waals surface area contributed by atoms with Crippen LogP contribution in [0.3, 0.4) is 0 Å². The van der Waals surface area contributed by atoms with Gasteiger partial charge in [0.2, 0.25) is 0 Å². The van der Waals surface area contributed by atoms with Gasteiger partial charge in [0.25, 0.3) is 0 Å². The van der Waals surface area contributed by atoms with E-state index in [4.69, 9.17) is 4.74 Å². The Morgan fingerprint density at radius 2 is 2.40 bits per heavy atom. The quantitative estimate of drug-likeness (QED) is 0.659. The standard InChI is InChI=1S/C11H24N2O2/c1-13-7-3-4-10(8-13)12-6-5-11(14)9-15-2/h10-12,14H,3-9H2,1-2H3. The first-order valence-corrected chi connectivity index (χ1v) is 5.81. The molecule has 2 N–H and O–H groups in total. The third-order valence-corrected chi connectivity index (χ3v) is 2.89. The van der Waals surface area contributed by atoms with Crippen LogP contribution in [0.4, 0.5) is 0 Å². The molecule has 0 saturated carbocycles. The lowest BCUT2D eigenvalue weighted by molar-refractivity contribution is 0.0583. The van der Waals surface area contributed by atoms with Crippen LogP contribution < -0.4 is 5.32 Å². The Balaban J connectivity index is 2.03. The van der Waals surface area contributed by atoms with Gasteiger partial charge in [0.15, 0.2) is 0 Å². The van der Waals surface area contributed by atoms with Crippen molar-refractivity contribution in [3.8, 4) is 0 Å². The number of rotatable bonds is 6. The Kier molecular flexibility index (Phi) is 6.17. The molecule has 2 atom stereocenters. The van der Waals surface area contributed by atoms with Crippen LogP contribution in [-0.2, 0) is 4.74 Å². The van der Waals surface area contributed by atoms with E-state index in [0.29, 0.717) is 12.6 Å². The topological polar surface area (TPSA) is 44.7 Å². The maximum Gasteiger partial charge on any atom is 0.0785 e. The molecule has 0 spiro atoms. The highest BCUT2D eigenvalue weighted by molar-refractivity contribution is 4.76. The second kappa shape index (κ2) is 7.17. The molecule has 2 unspecified atom stereocenters. The molecule has 1 fully saturated rings. The van der Waals surface area contributed by atoms with Gasteiger partial charge in [-0.15, -0.1) is 0 Å². The molecule has 0 aromatic carbocycles. The second-order valence-electron chi connectivity index (χ2n) is 4.45. The fourth-order valence-corrected chi connectivity index (χ4v) is 2.06. The van der Waals surface area contributed by atoms with Crippen molar-refractivity contribution in [3.63, 3.8) is 0 Å². The van der Waals surface area contributed by atoms with Gasteiger partial charge in [0.05, 0.1) is 12.7 Å². The van der Waals surface area contributed by atoms with Crippen LogP contribution in [0, 0.1) is 0 Å². The molecular weight excluding hydrogens is 192 g/mol. The fourth-order valence-electron chi connectivity index (χ4n) is 2.06. The lowest BCUT2D eigenvalue weighted by Gasteiger charge is -2.30. The minimum atomic E-state index is -0.330. The van der Waals surface area contributed by atoms with Crippen LogP contribution in [0.25, 0.3) is 0 Å². The third-order valence-electron chi connectivity index (χ3n) is 2.89. The zero-order valence-corrected chi connectivity index (χ0v) is 9.91. The van der Waals surface area contributed by atoms with Crippen LogP contribution in [0.2, 0.25) is 0 Å². The Hall–Kier alpha value is -0.160. The van der Waals surface area contributed by atoms with Gasteiger partial charge in [0, 0.05) is 19.7 Å². The molecule has 1 rings (SSSR count). The SMILES string of the molecule is COCC(O)CCNC1CCCN(C)C1. The zero-order valence-electron chi connectivity index (χ0n) is 9.91. The minimum Gasteiger partial charge on any atom is -0.391 e. The first-order valence-electron chi connectivity index (χ1n) is 5.81. The molecule has 0 aromatic rings. The van der Waals surface area contributed by atoms with Crippen LogP contribution in [0.5, 0.6) is 0 Å². The molecule has 0 bridgehead atoms. The highest BCUT2D eigenvalue weighted by Gasteiger charge is 2.16. The molecule has 4 heteroatoms. The number of nitrogens with zero attached hydrogens (tertiary/aromatic N) is 1. The molecule has 4 nitrogen and oxygen atoms in total. The number of hydrogen-bond donors (Lipinski definition) is 2. The molecule has 0 amide bonds. The molecule has 1 aliphatic heterocycles. The Bertz CT molecular complexity index is 167. The summed E-state index contributed by atoms with van der Waals surface area (Å²) >= 11 is 0. The minimum absolute atomic E-state index is 0.330. The van der Waals surface area contributed by atoms with E-state index in [9.17, 15) is 5.11 Å². The second-order valence-corrected chi connectivity index (χ2v) is 4.45. The van der Waals surface area contributed by atoms with Crippen molar-refractivity contribution in [1.29, 1.82) is 0 Å². The average molecular weight is 216 g/mol. The highest BCUT2D eigenvalue weighted by Crippen LogP contribution is 2.07. The first-order chi connectivity index (χ1) is 7.22. The van der Waals surface area contributed by atoms with Gasteiger partial charge in [-0.05, 0) is 39.4 Å². The van der Waals surface area contributed by atoms with Crippen molar-refractivity contribution < 1.29 is 9.84 Å². The largest absolute Gasteiger partial charge is 0.391 e. The number of aliphatic hydroxyl groups is 1. The van der Waals surface area contributed by atoms with Gasteiger partial charge in [-0.1, -0.05) is 0 Å². The van der Waals surface area contributed by atoms with E-state index in [1.807, 2.05) is 0 Å². The number of aliphatic hydroxyl groups excluding tert-OH is 1. The summed E-state index contributed by atoms with van der Waals surface area (Å²) < 4.78 is 4.88. The summed E-state index contributed by atoms with van der Waals surface area (Å²) in [4.78, 5) is 2.35. The number of piperidine rings is 1. The molecule has 15 heavy (non-hydrogen) atoms.